The average molecular weight is 474 g/mol. The van der Waals surface area contributed by atoms with Crippen molar-refractivity contribution in [3.63, 3.8) is 0 Å². The Morgan fingerprint density at radius 2 is 1.00 bits per heavy atom. The highest BCUT2D eigenvalue weighted by molar-refractivity contribution is 8.00. The highest BCUT2D eigenvalue weighted by Gasteiger charge is 2.69. The Hall–Kier alpha value is -3.56. The summed E-state index contributed by atoms with van der Waals surface area (Å²) in [6, 6.07) is 42.4. The molecule has 1 fully saturated rings. The van der Waals surface area contributed by atoms with Gasteiger partial charge in [-0.1, -0.05) is 127 Å². The fraction of sp³-hybridized carbons (Fsp3) is 0.156. The average Bonchev–Trinajstić information content (AvgIpc) is 2.94. The van der Waals surface area contributed by atoms with E-state index in [0.717, 1.165) is 5.75 Å². The van der Waals surface area contributed by atoms with Gasteiger partial charge in [0.05, 0.1) is 5.37 Å². The predicted octanol–water partition coefficient (Wildman–Crippen LogP) is 7.07. The summed E-state index contributed by atoms with van der Waals surface area (Å²) in [5, 5.41) is 0.0378. The molecule has 0 aliphatic carbocycles. The summed E-state index contributed by atoms with van der Waals surface area (Å²) in [5.41, 5.74) is 4.04. The normalized spacial score (nSPS) is 18.4. The van der Waals surface area contributed by atoms with Crippen molar-refractivity contribution in [3.05, 3.63) is 156 Å². The second-order valence-corrected chi connectivity index (χ2v) is 10.3. The van der Waals surface area contributed by atoms with Gasteiger partial charge < -0.3 is 4.90 Å². The van der Waals surface area contributed by atoms with Crippen LogP contribution in [0.2, 0.25) is 0 Å². The third kappa shape index (κ3) is 3.54. The molecule has 2 aliphatic rings. The fourth-order valence-electron chi connectivity index (χ4n) is 6.04. The van der Waals surface area contributed by atoms with Crippen LogP contribution in [0, 0.1) is 5.41 Å². The van der Waals surface area contributed by atoms with Crippen LogP contribution in [-0.4, -0.2) is 21.9 Å². The lowest BCUT2D eigenvalue weighted by atomic mass is 9.54. The molecule has 4 aromatic rings. The van der Waals surface area contributed by atoms with E-state index < -0.39 is 5.41 Å². The van der Waals surface area contributed by atoms with Crippen molar-refractivity contribution in [3.8, 4) is 0 Å². The van der Waals surface area contributed by atoms with E-state index in [0.29, 0.717) is 0 Å². The summed E-state index contributed by atoms with van der Waals surface area (Å²) in [4.78, 5) is 16.5. The van der Waals surface area contributed by atoms with Gasteiger partial charge in [0.15, 0.2) is 0 Å². The van der Waals surface area contributed by atoms with E-state index >= 15 is 0 Å². The van der Waals surface area contributed by atoms with Gasteiger partial charge in [-0.3, -0.25) is 4.79 Å². The molecule has 0 spiro atoms. The first-order chi connectivity index (χ1) is 17.3. The number of amides is 1. The minimum Gasteiger partial charge on any atom is -0.305 e. The van der Waals surface area contributed by atoms with Gasteiger partial charge in [-0.25, -0.2) is 0 Å². The maximum Gasteiger partial charge on any atom is 0.238 e. The highest BCUT2D eigenvalue weighted by Crippen LogP contribution is 2.65. The van der Waals surface area contributed by atoms with Crippen molar-refractivity contribution in [1.82, 2.24) is 4.90 Å². The van der Waals surface area contributed by atoms with Crippen LogP contribution in [0.25, 0.3) is 0 Å². The van der Waals surface area contributed by atoms with Crippen molar-refractivity contribution in [2.75, 3.05) is 5.75 Å². The van der Waals surface area contributed by atoms with Crippen LogP contribution in [-0.2, 0) is 4.79 Å². The third-order valence-electron chi connectivity index (χ3n) is 7.37. The number of benzene rings is 4. The summed E-state index contributed by atoms with van der Waals surface area (Å²) in [6.45, 7) is 0. The maximum atomic E-state index is 14.6. The Kier molecular flexibility index (Phi) is 5.79. The smallest absolute Gasteiger partial charge is 0.238 e. The molecule has 1 saturated heterocycles. The van der Waals surface area contributed by atoms with Crippen LogP contribution >= 0.6 is 11.8 Å². The molecule has 35 heavy (non-hydrogen) atoms. The predicted molar refractivity (Wildman–Crippen MR) is 144 cm³/mol. The summed E-state index contributed by atoms with van der Waals surface area (Å²) >= 11 is 1.88. The van der Waals surface area contributed by atoms with E-state index in [-0.39, 0.29) is 23.1 Å². The molecule has 0 saturated carbocycles. The van der Waals surface area contributed by atoms with E-state index in [1.807, 2.05) is 22.9 Å². The van der Waals surface area contributed by atoms with E-state index in [9.17, 15) is 4.79 Å². The summed E-state index contributed by atoms with van der Waals surface area (Å²) in [5.74, 6) is 0.912. The van der Waals surface area contributed by atoms with E-state index in [4.69, 9.17) is 0 Å². The van der Waals surface area contributed by atoms with Crippen LogP contribution in [0.4, 0.5) is 0 Å². The van der Waals surface area contributed by atoms with Gasteiger partial charge in [0.2, 0.25) is 5.91 Å². The number of fused-ring (bicyclic) bond motifs is 1. The molecule has 0 aromatic heterocycles. The van der Waals surface area contributed by atoms with Crippen molar-refractivity contribution >= 4 is 17.7 Å². The van der Waals surface area contributed by atoms with Crippen molar-refractivity contribution in [1.29, 1.82) is 0 Å². The monoisotopic (exact) mass is 473 g/mol. The standard InChI is InChI=1S/C32H27NOS/c34-30-32(31-33(30)22-13-23-35-31,28(24-14-5-1-6-15-24)25-16-7-2-8-17-25)29(26-18-9-3-10-19-26)27-20-11-4-12-21-27/h1-22,28-29,31H,23H2/t31-/m0/s1. The zero-order valence-electron chi connectivity index (χ0n) is 19.4. The number of hydrogen-bond acceptors (Lipinski definition) is 2. The van der Waals surface area contributed by atoms with Gasteiger partial charge in [-0.15, -0.1) is 11.8 Å². The van der Waals surface area contributed by atoms with Crippen molar-refractivity contribution in [2.24, 2.45) is 5.41 Å². The Balaban J connectivity index is 1.67. The lowest BCUT2D eigenvalue weighted by Gasteiger charge is -2.62. The van der Waals surface area contributed by atoms with Crippen LogP contribution in [0.1, 0.15) is 34.1 Å². The quantitative estimate of drug-likeness (QED) is 0.279. The zero-order valence-corrected chi connectivity index (χ0v) is 20.2. The van der Waals surface area contributed by atoms with Crippen molar-refractivity contribution < 1.29 is 4.79 Å². The molecule has 1 atom stereocenters. The molecule has 172 valence electrons. The van der Waals surface area contributed by atoms with Gasteiger partial charge in [0.1, 0.15) is 5.41 Å². The number of carbonyl (C=O) groups excluding carboxylic acids is 1. The molecule has 0 bridgehead atoms. The van der Waals surface area contributed by atoms with Crippen LogP contribution in [0.15, 0.2) is 134 Å². The fourth-order valence-corrected chi connectivity index (χ4v) is 7.39. The summed E-state index contributed by atoms with van der Waals surface area (Å²) in [7, 11) is 0. The summed E-state index contributed by atoms with van der Waals surface area (Å²) < 4.78 is 0. The van der Waals surface area contributed by atoms with Gasteiger partial charge in [-0.2, -0.15) is 0 Å². The first kappa shape index (κ1) is 21.9. The molecular formula is C32H27NOS. The molecule has 0 radical (unpaired) electrons. The number of rotatable bonds is 6. The lowest BCUT2D eigenvalue weighted by Crippen LogP contribution is -2.71. The molecule has 2 nitrogen and oxygen atoms in total. The van der Waals surface area contributed by atoms with Crippen LogP contribution in [0.5, 0.6) is 0 Å². The topological polar surface area (TPSA) is 20.3 Å². The first-order valence-corrected chi connectivity index (χ1v) is 13.2. The van der Waals surface area contributed by atoms with E-state index in [1.165, 1.54) is 22.3 Å². The maximum absolute atomic E-state index is 14.6. The Labute approximate surface area is 211 Å². The SMILES string of the molecule is O=C1N2C=CCS[C@H]2C1(C(c1ccccc1)c1ccccc1)C(c1ccccc1)c1ccccc1. The number of carbonyl (C=O) groups is 1. The minimum atomic E-state index is -0.680. The molecular weight excluding hydrogens is 446 g/mol. The molecule has 6 rings (SSSR count). The van der Waals surface area contributed by atoms with E-state index in [2.05, 4.69) is 127 Å². The van der Waals surface area contributed by atoms with Crippen LogP contribution < -0.4 is 0 Å². The van der Waals surface area contributed by atoms with Gasteiger partial charge >= 0.3 is 0 Å². The third-order valence-corrected chi connectivity index (χ3v) is 8.69. The van der Waals surface area contributed by atoms with Crippen molar-refractivity contribution in [2.45, 2.75) is 17.2 Å². The number of β-lactam (4-membered cyclic amide) rings is 1. The highest BCUT2D eigenvalue weighted by atomic mass is 32.2. The second kappa shape index (κ2) is 9.24. The minimum absolute atomic E-state index is 0.0378. The van der Waals surface area contributed by atoms with Gasteiger partial charge in [0.25, 0.3) is 0 Å². The molecule has 0 N–H and O–H groups in total. The van der Waals surface area contributed by atoms with Gasteiger partial charge in [0, 0.05) is 23.8 Å². The van der Waals surface area contributed by atoms with E-state index in [1.54, 1.807) is 0 Å². The molecule has 1 amide bonds. The molecule has 2 heterocycles. The number of hydrogen-bond donors (Lipinski definition) is 0. The summed E-state index contributed by atoms with van der Waals surface area (Å²) in [6.07, 6.45) is 4.10. The zero-order chi connectivity index (χ0) is 23.7. The first-order valence-electron chi connectivity index (χ1n) is 12.1. The second-order valence-electron chi connectivity index (χ2n) is 9.22. The Bertz CT molecular complexity index is 1160. The van der Waals surface area contributed by atoms with Crippen LogP contribution in [0.3, 0.4) is 0 Å². The molecule has 3 heteroatoms. The lowest BCUT2D eigenvalue weighted by molar-refractivity contribution is -0.162. The Morgan fingerprint density at radius 1 is 0.629 bits per heavy atom. The molecule has 2 aliphatic heterocycles. The largest absolute Gasteiger partial charge is 0.305 e. The molecule has 4 aromatic carbocycles. The van der Waals surface area contributed by atoms with Gasteiger partial charge in [-0.05, 0) is 22.3 Å². The number of nitrogens with zero attached hydrogens (tertiary/aromatic N) is 1. The molecule has 0 unspecified atom stereocenters. The number of thioether (sulfide) groups is 1. The Morgan fingerprint density at radius 3 is 1.37 bits per heavy atom.